The Morgan fingerprint density at radius 1 is 1.39 bits per heavy atom. The second-order valence-corrected chi connectivity index (χ2v) is 5.49. The lowest BCUT2D eigenvalue weighted by Gasteiger charge is -1.95. The summed E-state index contributed by atoms with van der Waals surface area (Å²) in [5.41, 5.74) is 0.956. The Hall–Kier alpha value is -1.42. The van der Waals surface area contributed by atoms with E-state index in [0.29, 0.717) is 0 Å². The molecule has 2 N–H and O–H groups in total. The average molecular weight is 268 g/mol. The van der Waals surface area contributed by atoms with E-state index in [9.17, 15) is 8.42 Å². The van der Waals surface area contributed by atoms with Crippen LogP contribution in [0.15, 0.2) is 29.2 Å². The molecule has 0 spiro atoms. The fourth-order valence-corrected chi connectivity index (χ4v) is 1.98. The maximum absolute atomic E-state index is 10.5. The second-order valence-electron chi connectivity index (χ2n) is 4.07. The number of rotatable bonds is 1. The number of nitriles is 1. The van der Waals surface area contributed by atoms with Crippen molar-refractivity contribution in [1.82, 2.24) is 5.32 Å². The molecule has 6 heteroatoms. The van der Waals surface area contributed by atoms with Crippen molar-refractivity contribution in [3.8, 4) is 6.07 Å². The van der Waals surface area contributed by atoms with Crippen molar-refractivity contribution in [3.63, 3.8) is 0 Å². The Balaban J connectivity index is 0.000000199. The highest BCUT2D eigenvalue weighted by atomic mass is 32.2. The lowest BCUT2D eigenvalue weighted by molar-refractivity contribution is 0.483. The van der Waals surface area contributed by atoms with Gasteiger partial charge in [-0.1, -0.05) is 17.7 Å². The lowest BCUT2D eigenvalue weighted by Crippen LogP contribution is -2.18. The fraction of sp³-hybridized carbons (Fsp3) is 0.417. The zero-order valence-corrected chi connectivity index (χ0v) is 10.9. The molecule has 0 bridgehead atoms. The fourth-order valence-electron chi connectivity index (χ4n) is 1.50. The number of benzene rings is 1. The summed E-state index contributed by atoms with van der Waals surface area (Å²) in [4.78, 5) is -0.0666. The predicted octanol–water partition coefficient (Wildman–Crippen LogP) is 1.50. The quantitative estimate of drug-likeness (QED) is 0.753. The Kier molecular flexibility index (Phi) is 5.28. The van der Waals surface area contributed by atoms with Gasteiger partial charge in [0.25, 0.3) is 10.1 Å². The molecule has 1 aliphatic heterocycles. The number of nitrogens with zero attached hydrogens (tertiary/aromatic N) is 1. The first-order chi connectivity index (χ1) is 8.43. The van der Waals surface area contributed by atoms with Crippen molar-refractivity contribution >= 4 is 10.1 Å². The van der Waals surface area contributed by atoms with Crippen LogP contribution in [0.3, 0.4) is 0 Å². The molecule has 1 aliphatic rings. The Labute approximate surface area is 107 Å². The Bertz CT molecular complexity index is 511. The van der Waals surface area contributed by atoms with Crippen LogP contribution in [0.5, 0.6) is 0 Å². The first kappa shape index (κ1) is 14.6. The molecule has 0 amide bonds. The largest absolute Gasteiger partial charge is 0.302 e. The number of hydrogen-bond acceptors (Lipinski definition) is 4. The third-order valence-electron chi connectivity index (χ3n) is 2.53. The van der Waals surface area contributed by atoms with Crippen molar-refractivity contribution < 1.29 is 13.0 Å². The van der Waals surface area contributed by atoms with E-state index in [1.54, 1.807) is 12.1 Å². The molecule has 18 heavy (non-hydrogen) atoms. The summed E-state index contributed by atoms with van der Waals surface area (Å²) >= 11 is 0. The van der Waals surface area contributed by atoms with Crippen molar-refractivity contribution in [2.75, 3.05) is 6.54 Å². The van der Waals surface area contributed by atoms with Gasteiger partial charge in [0.15, 0.2) is 0 Å². The molecule has 1 saturated heterocycles. The van der Waals surface area contributed by atoms with E-state index in [4.69, 9.17) is 9.81 Å². The van der Waals surface area contributed by atoms with Crippen LogP contribution in [0.25, 0.3) is 0 Å². The average Bonchev–Trinajstić information content (AvgIpc) is 2.82. The van der Waals surface area contributed by atoms with Gasteiger partial charge in [-0.15, -0.1) is 0 Å². The maximum Gasteiger partial charge on any atom is 0.294 e. The maximum atomic E-state index is 10.5. The highest BCUT2D eigenvalue weighted by Crippen LogP contribution is 2.08. The van der Waals surface area contributed by atoms with E-state index >= 15 is 0 Å². The van der Waals surface area contributed by atoms with Crippen LogP contribution in [0.1, 0.15) is 18.4 Å². The van der Waals surface area contributed by atoms with Crippen LogP contribution in [-0.2, 0) is 10.1 Å². The zero-order chi connectivity index (χ0) is 13.6. The third-order valence-corrected chi connectivity index (χ3v) is 3.40. The number of hydrogen-bond donors (Lipinski definition) is 2. The van der Waals surface area contributed by atoms with Gasteiger partial charge >= 0.3 is 0 Å². The summed E-state index contributed by atoms with van der Waals surface area (Å²) < 4.78 is 29.6. The highest BCUT2D eigenvalue weighted by molar-refractivity contribution is 7.85. The standard InChI is InChI=1S/C7H8O3S.C5H8N2/c1-6-2-4-7(5-3-6)11(8,9)10;6-4-5-2-1-3-7-5/h2-5H,1H3,(H,8,9,10);5,7H,1-3H2. The molecule has 1 aromatic carbocycles. The Morgan fingerprint density at radius 3 is 2.33 bits per heavy atom. The molecule has 0 radical (unpaired) electrons. The molecule has 1 heterocycles. The lowest BCUT2D eigenvalue weighted by atomic mass is 10.2. The van der Waals surface area contributed by atoms with E-state index in [-0.39, 0.29) is 10.9 Å². The van der Waals surface area contributed by atoms with Crippen LogP contribution in [0, 0.1) is 18.3 Å². The molecule has 1 fully saturated rings. The van der Waals surface area contributed by atoms with Gasteiger partial charge in [-0.25, -0.2) is 0 Å². The summed E-state index contributed by atoms with van der Waals surface area (Å²) in [6.07, 6.45) is 2.20. The molecule has 0 aromatic heterocycles. The predicted molar refractivity (Wildman–Crippen MR) is 67.6 cm³/mol. The van der Waals surface area contributed by atoms with Crippen molar-refractivity contribution in [2.45, 2.75) is 30.7 Å². The van der Waals surface area contributed by atoms with Crippen molar-refractivity contribution in [1.29, 1.82) is 5.26 Å². The van der Waals surface area contributed by atoms with Crippen molar-refractivity contribution in [2.24, 2.45) is 0 Å². The number of aryl methyl sites for hydroxylation is 1. The van der Waals surface area contributed by atoms with Crippen molar-refractivity contribution in [3.05, 3.63) is 29.8 Å². The summed E-state index contributed by atoms with van der Waals surface area (Å²) in [7, 11) is -4.02. The molecule has 1 unspecified atom stereocenters. The zero-order valence-electron chi connectivity index (χ0n) is 10.1. The van der Waals surface area contributed by atoms with Gasteiger partial charge in [-0.2, -0.15) is 13.7 Å². The topological polar surface area (TPSA) is 90.2 Å². The van der Waals surface area contributed by atoms with Gasteiger partial charge < -0.3 is 5.32 Å². The van der Waals surface area contributed by atoms with Crippen LogP contribution in [0.2, 0.25) is 0 Å². The van der Waals surface area contributed by atoms with Crippen LogP contribution >= 0.6 is 0 Å². The van der Waals surface area contributed by atoms with E-state index in [2.05, 4.69) is 11.4 Å². The minimum absolute atomic E-state index is 0.0666. The smallest absolute Gasteiger partial charge is 0.294 e. The molecule has 0 aliphatic carbocycles. The number of nitrogens with one attached hydrogen (secondary N) is 1. The van der Waals surface area contributed by atoms with Gasteiger partial charge in [0.1, 0.15) is 0 Å². The van der Waals surface area contributed by atoms with Gasteiger partial charge in [-0.05, 0) is 38.4 Å². The van der Waals surface area contributed by atoms with Crippen LogP contribution in [0.4, 0.5) is 0 Å². The third kappa shape index (κ3) is 4.84. The van der Waals surface area contributed by atoms with E-state index < -0.39 is 10.1 Å². The summed E-state index contributed by atoms with van der Waals surface area (Å²) in [5, 5.41) is 11.3. The first-order valence-corrected chi connectivity index (χ1v) is 7.04. The van der Waals surface area contributed by atoms with E-state index in [1.165, 1.54) is 12.1 Å². The molecule has 1 aromatic rings. The summed E-state index contributed by atoms with van der Waals surface area (Å²) in [5.74, 6) is 0. The van der Waals surface area contributed by atoms with Gasteiger partial charge in [0.05, 0.1) is 17.0 Å². The van der Waals surface area contributed by atoms with E-state index in [0.717, 1.165) is 24.9 Å². The minimum atomic E-state index is -4.02. The first-order valence-electron chi connectivity index (χ1n) is 5.60. The monoisotopic (exact) mass is 268 g/mol. The molecule has 0 saturated carbocycles. The summed E-state index contributed by atoms with van der Waals surface area (Å²) in [6.45, 7) is 2.87. The second kappa shape index (κ2) is 6.50. The minimum Gasteiger partial charge on any atom is -0.302 e. The van der Waals surface area contributed by atoms with Gasteiger partial charge in [0, 0.05) is 0 Å². The van der Waals surface area contributed by atoms with Crippen LogP contribution < -0.4 is 5.32 Å². The molecule has 1 atom stereocenters. The highest BCUT2D eigenvalue weighted by Gasteiger charge is 2.10. The van der Waals surface area contributed by atoms with Gasteiger partial charge in [0.2, 0.25) is 0 Å². The molecule has 98 valence electrons. The SMILES string of the molecule is Cc1ccc(S(=O)(=O)O)cc1.N#CC1CCCN1. The van der Waals surface area contributed by atoms with Gasteiger partial charge in [-0.3, -0.25) is 4.55 Å². The normalized spacial score (nSPS) is 18.6. The van der Waals surface area contributed by atoms with E-state index in [1.807, 2.05) is 6.92 Å². The molecule has 5 nitrogen and oxygen atoms in total. The molecular weight excluding hydrogens is 252 g/mol. The molecular formula is C12H16N2O3S. The van der Waals surface area contributed by atoms with Crippen LogP contribution in [-0.4, -0.2) is 25.6 Å². The summed E-state index contributed by atoms with van der Waals surface area (Å²) in [6, 6.07) is 8.29. The molecule has 2 rings (SSSR count). The Morgan fingerprint density at radius 2 is 2.00 bits per heavy atom.